The Balaban J connectivity index is 2.09. The second kappa shape index (κ2) is 5.51. The average molecular weight is 283 g/mol. The molecular weight excluding hydrogens is 262 g/mol. The van der Waals surface area contributed by atoms with Gasteiger partial charge in [-0.05, 0) is 42.9 Å². The van der Waals surface area contributed by atoms with Gasteiger partial charge in [-0.3, -0.25) is 0 Å². The fraction of sp³-hybridized carbons (Fsp3) is 0.571. The Labute approximate surface area is 114 Å². The molecule has 2 N–H and O–H groups in total. The van der Waals surface area contributed by atoms with E-state index in [9.17, 15) is 13.5 Å². The molecule has 0 spiro atoms. The van der Waals surface area contributed by atoms with E-state index in [1.54, 1.807) is 0 Å². The van der Waals surface area contributed by atoms with E-state index >= 15 is 0 Å². The summed E-state index contributed by atoms with van der Waals surface area (Å²) in [7, 11) is -3.53. The summed E-state index contributed by atoms with van der Waals surface area (Å²) in [5.41, 5.74) is 0.115. The molecule has 5 heteroatoms. The lowest BCUT2D eigenvalue weighted by Crippen LogP contribution is -2.35. The summed E-state index contributed by atoms with van der Waals surface area (Å²) < 4.78 is 27.1. The van der Waals surface area contributed by atoms with Crippen LogP contribution in [0.15, 0.2) is 29.2 Å². The first-order valence-corrected chi connectivity index (χ1v) is 8.24. The Hall–Kier alpha value is -1.07. The molecule has 4 nitrogen and oxygen atoms in total. The molecule has 0 atom stereocenters. The first kappa shape index (κ1) is 14.3. The minimum absolute atomic E-state index is 0.0334. The standard InChI is InChI=1S/C14H21NO3S/c1-2-14(8-3-4-9-14)11-15-19(17,18)13-7-5-6-12(16)10-13/h5-7,10,15-16H,2-4,8-9,11H2,1H3. The van der Waals surface area contributed by atoms with Crippen molar-refractivity contribution >= 4 is 10.0 Å². The third-order valence-electron chi connectivity index (χ3n) is 4.18. The van der Waals surface area contributed by atoms with Crippen molar-refractivity contribution in [2.24, 2.45) is 5.41 Å². The quantitative estimate of drug-likeness (QED) is 0.873. The zero-order chi connectivity index (χ0) is 13.9. The monoisotopic (exact) mass is 283 g/mol. The van der Waals surface area contributed by atoms with Crippen molar-refractivity contribution in [1.82, 2.24) is 4.72 Å². The highest BCUT2D eigenvalue weighted by Crippen LogP contribution is 2.40. The van der Waals surface area contributed by atoms with Crippen LogP contribution in [0.3, 0.4) is 0 Å². The summed E-state index contributed by atoms with van der Waals surface area (Å²) in [5, 5.41) is 9.36. The van der Waals surface area contributed by atoms with Crippen molar-refractivity contribution in [2.45, 2.75) is 43.9 Å². The van der Waals surface area contributed by atoms with Crippen LogP contribution in [0.25, 0.3) is 0 Å². The van der Waals surface area contributed by atoms with E-state index in [2.05, 4.69) is 11.6 Å². The number of nitrogens with one attached hydrogen (secondary N) is 1. The Morgan fingerprint density at radius 1 is 1.32 bits per heavy atom. The largest absolute Gasteiger partial charge is 0.508 e. The summed E-state index contributed by atoms with van der Waals surface area (Å²) in [6.45, 7) is 2.61. The van der Waals surface area contributed by atoms with E-state index in [4.69, 9.17) is 0 Å². The number of phenolic OH excluding ortho intramolecular Hbond substituents is 1. The maximum absolute atomic E-state index is 12.2. The third-order valence-corrected chi connectivity index (χ3v) is 5.58. The minimum Gasteiger partial charge on any atom is -0.508 e. The van der Waals surface area contributed by atoms with E-state index in [0.29, 0.717) is 6.54 Å². The van der Waals surface area contributed by atoms with Gasteiger partial charge in [0.15, 0.2) is 0 Å². The van der Waals surface area contributed by atoms with Crippen LogP contribution in [-0.2, 0) is 10.0 Å². The molecule has 0 saturated heterocycles. The third kappa shape index (κ3) is 3.28. The first-order valence-electron chi connectivity index (χ1n) is 6.76. The molecule has 0 bridgehead atoms. The van der Waals surface area contributed by atoms with Crippen molar-refractivity contribution in [2.75, 3.05) is 6.54 Å². The topological polar surface area (TPSA) is 66.4 Å². The van der Waals surface area contributed by atoms with Gasteiger partial charge in [0, 0.05) is 6.54 Å². The number of phenols is 1. The molecule has 2 rings (SSSR count). The molecule has 0 aromatic heterocycles. The van der Waals surface area contributed by atoms with Crippen LogP contribution in [0.2, 0.25) is 0 Å². The average Bonchev–Trinajstić information content (AvgIpc) is 2.86. The van der Waals surface area contributed by atoms with Crippen LogP contribution in [0, 0.1) is 5.41 Å². The van der Waals surface area contributed by atoms with Gasteiger partial charge in [0.2, 0.25) is 10.0 Å². The van der Waals surface area contributed by atoms with Crippen molar-refractivity contribution in [3.05, 3.63) is 24.3 Å². The van der Waals surface area contributed by atoms with Gasteiger partial charge in [-0.1, -0.05) is 25.8 Å². The lowest BCUT2D eigenvalue weighted by atomic mass is 9.84. The number of benzene rings is 1. The normalized spacial score (nSPS) is 18.6. The summed E-state index contributed by atoms with van der Waals surface area (Å²) in [6, 6.07) is 5.77. The molecule has 0 radical (unpaired) electrons. The van der Waals surface area contributed by atoms with Crippen LogP contribution in [0.1, 0.15) is 39.0 Å². The first-order chi connectivity index (χ1) is 8.97. The summed E-state index contributed by atoms with van der Waals surface area (Å²) >= 11 is 0. The lowest BCUT2D eigenvalue weighted by molar-refractivity contribution is 0.285. The van der Waals surface area contributed by atoms with Gasteiger partial charge < -0.3 is 5.11 Å². The number of aromatic hydroxyl groups is 1. The van der Waals surface area contributed by atoms with Crippen molar-refractivity contribution in [1.29, 1.82) is 0 Å². The highest BCUT2D eigenvalue weighted by atomic mass is 32.2. The van der Waals surface area contributed by atoms with E-state index < -0.39 is 10.0 Å². The maximum atomic E-state index is 12.2. The van der Waals surface area contributed by atoms with Gasteiger partial charge in [0.05, 0.1) is 4.90 Å². The molecule has 19 heavy (non-hydrogen) atoms. The second-order valence-electron chi connectivity index (χ2n) is 5.38. The van der Waals surface area contributed by atoms with E-state index in [1.165, 1.54) is 37.1 Å². The Morgan fingerprint density at radius 2 is 2.00 bits per heavy atom. The highest BCUT2D eigenvalue weighted by Gasteiger charge is 2.33. The lowest BCUT2D eigenvalue weighted by Gasteiger charge is -2.27. The van der Waals surface area contributed by atoms with Crippen LogP contribution < -0.4 is 4.72 Å². The van der Waals surface area contributed by atoms with Crippen LogP contribution in [0.4, 0.5) is 0 Å². The molecule has 0 heterocycles. The summed E-state index contributed by atoms with van der Waals surface area (Å²) in [6.07, 6.45) is 5.54. The molecule has 0 amide bonds. The molecule has 0 aliphatic heterocycles. The van der Waals surface area contributed by atoms with Gasteiger partial charge in [-0.2, -0.15) is 0 Å². The molecule has 106 valence electrons. The smallest absolute Gasteiger partial charge is 0.240 e. The molecule has 1 aromatic carbocycles. The number of hydrogen-bond donors (Lipinski definition) is 2. The maximum Gasteiger partial charge on any atom is 0.240 e. The van der Waals surface area contributed by atoms with Crippen LogP contribution in [-0.4, -0.2) is 20.1 Å². The molecule has 1 fully saturated rings. The predicted octanol–water partition coefficient (Wildman–Crippen LogP) is 2.64. The molecule has 1 aliphatic rings. The Bertz CT molecular complexity index is 533. The number of sulfonamides is 1. The van der Waals surface area contributed by atoms with E-state index in [0.717, 1.165) is 19.3 Å². The van der Waals surface area contributed by atoms with Crippen LogP contribution >= 0.6 is 0 Å². The zero-order valence-corrected chi connectivity index (χ0v) is 12.0. The van der Waals surface area contributed by atoms with Gasteiger partial charge in [0.25, 0.3) is 0 Å². The van der Waals surface area contributed by atoms with Gasteiger partial charge in [-0.15, -0.1) is 0 Å². The molecule has 1 aliphatic carbocycles. The molecule has 1 saturated carbocycles. The van der Waals surface area contributed by atoms with Crippen molar-refractivity contribution in [3.8, 4) is 5.75 Å². The van der Waals surface area contributed by atoms with Gasteiger partial charge in [0.1, 0.15) is 5.75 Å². The Morgan fingerprint density at radius 3 is 2.58 bits per heavy atom. The van der Waals surface area contributed by atoms with Crippen molar-refractivity contribution < 1.29 is 13.5 Å². The van der Waals surface area contributed by atoms with E-state index in [-0.39, 0.29) is 16.1 Å². The van der Waals surface area contributed by atoms with Gasteiger partial charge in [-0.25, -0.2) is 13.1 Å². The van der Waals surface area contributed by atoms with E-state index in [1.807, 2.05) is 0 Å². The Kier molecular flexibility index (Phi) is 4.16. The summed E-state index contributed by atoms with van der Waals surface area (Å²) in [4.78, 5) is 0.122. The highest BCUT2D eigenvalue weighted by molar-refractivity contribution is 7.89. The zero-order valence-electron chi connectivity index (χ0n) is 11.2. The fourth-order valence-electron chi connectivity index (χ4n) is 2.76. The minimum atomic E-state index is -3.53. The number of rotatable bonds is 5. The summed E-state index contributed by atoms with van der Waals surface area (Å²) in [5.74, 6) is -0.0334. The predicted molar refractivity (Wildman–Crippen MR) is 74.5 cm³/mol. The fourth-order valence-corrected chi connectivity index (χ4v) is 3.96. The van der Waals surface area contributed by atoms with Gasteiger partial charge >= 0.3 is 0 Å². The molecular formula is C14H21NO3S. The second-order valence-corrected chi connectivity index (χ2v) is 7.15. The van der Waals surface area contributed by atoms with Crippen molar-refractivity contribution in [3.63, 3.8) is 0 Å². The number of hydrogen-bond acceptors (Lipinski definition) is 3. The SMILES string of the molecule is CCC1(CNS(=O)(=O)c2cccc(O)c2)CCCC1. The van der Waals surface area contributed by atoms with Crippen LogP contribution in [0.5, 0.6) is 5.75 Å². The molecule has 1 aromatic rings. The molecule has 0 unspecified atom stereocenters.